The zero-order valence-corrected chi connectivity index (χ0v) is 19.7. The summed E-state index contributed by atoms with van der Waals surface area (Å²) in [4.78, 5) is 56.3. The van der Waals surface area contributed by atoms with E-state index in [2.05, 4.69) is 25.6 Å². The van der Waals surface area contributed by atoms with Gasteiger partial charge in [0.05, 0.1) is 17.6 Å². The molecule has 0 spiro atoms. The Morgan fingerprint density at radius 3 is 2.62 bits per heavy atom. The summed E-state index contributed by atoms with van der Waals surface area (Å²) in [5.74, 6) is -1.03. The lowest BCUT2D eigenvalue weighted by Crippen LogP contribution is -2.31. The Kier molecular flexibility index (Phi) is 6.14. The molecule has 0 fully saturated rings. The molecule has 2 amide bonds. The molecule has 2 aromatic heterocycles. The SMILES string of the molecule is Cc1cc(CC(=O)NCc2c[nH]c(=O)[nH]c2=O)c(/C=C2\C(=O)Nc3cccc(-c4cccc(F)c4)c32)[nH]1. The quantitative estimate of drug-likeness (QED) is 0.260. The second-order valence-electron chi connectivity index (χ2n) is 8.69. The first-order valence-electron chi connectivity index (χ1n) is 11.5. The topological polar surface area (TPSA) is 140 Å². The van der Waals surface area contributed by atoms with E-state index in [1.54, 1.807) is 30.3 Å². The Labute approximate surface area is 209 Å². The summed E-state index contributed by atoms with van der Waals surface area (Å²) in [7, 11) is 0. The van der Waals surface area contributed by atoms with Crippen molar-refractivity contribution in [2.24, 2.45) is 0 Å². The Morgan fingerprint density at radius 1 is 1.03 bits per heavy atom. The molecule has 5 rings (SSSR count). The maximum atomic E-state index is 13.9. The molecule has 10 heteroatoms. The highest BCUT2D eigenvalue weighted by molar-refractivity contribution is 6.36. The molecule has 0 atom stereocenters. The summed E-state index contributed by atoms with van der Waals surface area (Å²) in [6, 6.07) is 13.4. The number of aromatic amines is 3. The molecule has 5 N–H and O–H groups in total. The Hall–Kier alpha value is -4.99. The van der Waals surface area contributed by atoms with Gasteiger partial charge in [-0.2, -0.15) is 0 Å². The number of halogens is 1. The van der Waals surface area contributed by atoms with Crippen LogP contribution in [0, 0.1) is 12.7 Å². The molecule has 3 heterocycles. The van der Waals surface area contributed by atoms with Crippen LogP contribution in [-0.2, 0) is 22.6 Å². The number of benzene rings is 2. The van der Waals surface area contributed by atoms with E-state index in [-0.39, 0.29) is 36.2 Å². The molecule has 0 aliphatic carbocycles. The maximum Gasteiger partial charge on any atom is 0.325 e. The second-order valence-corrected chi connectivity index (χ2v) is 8.69. The normalized spacial score (nSPS) is 13.5. The van der Waals surface area contributed by atoms with E-state index in [0.717, 1.165) is 5.69 Å². The fourth-order valence-electron chi connectivity index (χ4n) is 4.37. The van der Waals surface area contributed by atoms with Gasteiger partial charge < -0.3 is 20.6 Å². The largest absolute Gasteiger partial charge is 0.359 e. The number of H-pyrrole nitrogens is 3. The van der Waals surface area contributed by atoms with Gasteiger partial charge in [0.25, 0.3) is 11.5 Å². The summed E-state index contributed by atoms with van der Waals surface area (Å²) in [5.41, 5.74) is 4.04. The van der Waals surface area contributed by atoms with E-state index in [9.17, 15) is 23.6 Å². The van der Waals surface area contributed by atoms with Crippen molar-refractivity contribution in [2.45, 2.75) is 19.9 Å². The van der Waals surface area contributed by atoms with Gasteiger partial charge in [-0.25, -0.2) is 9.18 Å². The van der Waals surface area contributed by atoms with Gasteiger partial charge in [-0.1, -0.05) is 24.3 Å². The molecule has 0 radical (unpaired) electrons. The van der Waals surface area contributed by atoms with Gasteiger partial charge in [0.1, 0.15) is 5.82 Å². The Morgan fingerprint density at radius 2 is 1.84 bits per heavy atom. The average molecular weight is 500 g/mol. The Bertz CT molecular complexity index is 1700. The number of hydrogen-bond acceptors (Lipinski definition) is 4. The number of aryl methyl sites for hydroxylation is 1. The van der Waals surface area contributed by atoms with Crippen LogP contribution in [-0.4, -0.2) is 26.8 Å². The molecule has 1 aliphatic rings. The fourth-order valence-corrected chi connectivity index (χ4v) is 4.37. The molecule has 0 bridgehead atoms. The number of carbonyl (C=O) groups excluding carboxylic acids is 2. The van der Waals surface area contributed by atoms with Gasteiger partial charge in [0.2, 0.25) is 5.91 Å². The van der Waals surface area contributed by atoms with E-state index in [0.29, 0.717) is 39.2 Å². The van der Waals surface area contributed by atoms with Crippen LogP contribution in [0.5, 0.6) is 0 Å². The molecule has 4 aromatic rings. The zero-order chi connectivity index (χ0) is 26.1. The summed E-state index contributed by atoms with van der Waals surface area (Å²) in [6.45, 7) is 1.78. The minimum Gasteiger partial charge on any atom is -0.359 e. The predicted molar refractivity (Wildman–Crippen MR) is 137 cm³/mol. The molecular weight excluding hydrogens is 477 g/mol. The average Bonchev–Trinajstić information content (AvgIpc) is 3.36. The lowest BCUT2D eigenvalue weighted by molar-refractivity contribution is -0.120. The van der Waals surface area contributed by atoms with Crippen LogP contribution in [0.2, 0.25) is 0 Å². The highest BCUT2D eigenvalue weighted by Gasteiger charge is 2.28. The third-order valence-corrected chi connectivity index (χ3v) is 6.04. The van der Waals surface area contributed by atoms with Crippen molar-refractivity contribution in [1.29, 1.82) is 0 Å². The van der Waals surface area contributed by atoms with E-state index < -0.39 is 11.2 Å². The van der Waals surface area contributed by atoms with Crippen LogP contribution < -0.4 is 21.9 Å². The molecule has 2 aromatic carbocycles. The monoisotopic (exact) mass is 499 g/mol. The van der Waals surface area contributed by atoms with Gasteiger partial charge in [-0.3, -0.25) is 19.4 Å². The lowest BCUT2D eigenvalue weighted by atomic mass is 9.94. The molecule has 9 nitrogen and oxygen atoms in total. The van der Waals surface area contributed by atoms with Crippen molar-refractivity contribution in [2.75, 3.05) is 5.32 Å². The predicted octanol–water partition coefficient (Wildman–Crippen LogP) is 2.86. The smallest absolute Gasteiger partial charge is 0.325 e. The van der Waals surface area contributed by atoms with Crippen LogP contribution in [0.4, 0.5) is 10.1 Å². The summed E-state index contributed by atoms with van der Waals surface area (Å²) >= 11 is 0. The Balaban J connectivity index is 1.44. The van der Waals surface area contributed by atoms with E-state index in [4.69, 9.17) is 0 Å². The molecule has 1 aliphatic heterocycles. The fraction of sp³-hybridized carbons (Fsp3) is 0.111. The zero-order valence-electron chi connectivity index (χ0n) is 19.7. The van der Waals surface area contributed by atoms with Crippen molar-refractivity contribution in [3.05, 3.63) is 109 Å². The number of fused-ring (bicyclic) bond motifs is 1. The second kappa shape index (κ2) is 9.57. The van der Waals surface area contributed by atoms with Gasteiger partial charge in [-0.15, -0.1) is 0 Å². The molecule has 0 saturated carbocycles. The van der Waals surface area contributed by atoms with Crippen molar-refractivity contribution < 1.29 is 14.0 Å². The summed E-state index contributed by atoms with van der Waals surface area (Å²) in [5, 5.41) is 5.52. The molecule has 0 saturated heterocycles. The number of amides is 2. The highest BCUT2D eigenvalue weighted by atomic mass is 19.1. The first-order chi connectivity index (χ1) is 17.8. The van der Waals surface area contributed by atoms with Crippen molar-refractivity contribution >= 4 is 29.2 Å². The number of aromatic nitrogens is 3. The van der Waals surface area contributed by atoms with Crippen LogP contribution in [0.25, 0.3) is 22.8 Å². The molecule has 37 heavy (non-hydrogen) atoms. The number of nitrogens with one attached hydrogen (secondary N) is 5. The van der Waals surface area contributed by atoms with Gasteiger partial charge in [-0.05, 0) is 54.0 Å². The first kappa shape index (κ1) is 23.7. The third-order valence-electron chi connectivity index (χ3n) is 6.04. The summed E-state index contributed by atoms with van der Waals surface area (Å²) < 4.78 is 13.9. The molecule has 186 valence electrons. The van der Waals surface area contributed by atoms with E-state index >= 15 is 0 Å². The van der Waals surface area contributed by atoms with Crippen LogP contribution in [0.1, 0.15) is 28.1 Å². The number of carbonyl (C=O) groups is 2. The van der Waals surface area contributed by atoms with Gasteiger partial charge in [0.15, 0.2) is 0 Å². The third kappa shape index (κ3) is 4.90. The number of hydrogen-bond donors (Lipinski definition) is 5. The molecule has 0 unspecified atom stereocenters. The number of anilines is 1. The lowest BCUT2D eigenvalue weighted by Gasteiger charge is -2.09. The van der Waals surface area contributed by atoms with Crippen LogP contribution in [0.15, 0.2) is 64.3 Å². The summed E-state index contributed by atoms with van der Waals surface area (Å²) in [6.07, 6.45) is 2.93. The van der Waals surface area contributed by atoms with Crippen molar-refractivity contribution in [3.8, 4) is 11.1 Å². The minimum atomic E-state index is -0.626. The van der Waals surface area contributed by atoms with E-state index in [1.165, 1.54) is 18.3 Å². The van der Waals surface area contributed by atoms with Crippen LogP contribution in [0.3, 0.4) is 0 Å². The van der Waals surface area contributed by atoms with Gasteiger partial charge in [0, 0.05) is 35.4 Å². The number of rotatable bonds is 6. The van der Waals surface area contributed by atoms with Gasteiger partial charge >= 0.3 is 5.69 Å². The first-order valence-corrected chi connectivity index (χ1v) is 11.5. The molecular formula is C27H22FN5O4. The standard InChI is InChI=1S/C27H22FN5O4/c1-14-8-16(10-23(34)29-12-17-13-30-27(37)33-25(17)35)22(31-14)11-20-24-19(15-4-2-5-18(28)9-15)6-3-7-21(24)32-26(20)36/h2-9,11,13,31H,10,12H2,1H3,(H,29,34)(H,32,36)(H2,30,33,35,37)/b20-11-. The van der Waals surface area contributed by atoms with Crippen molar-refractivity contribution in [1.82, 2.24) is 20.3 Å². The highest BCUT2D eigenvalue weighted by Crippen LogP contribution is 2.40. The maximum absolute atomic E-state index is 13.9. The van der Waals surface area contributed by atoms with Crippen LogP contribution >= 0.6 is 0 Å². The minimum absolute atomic E-state index is 0.00920. The van der Waals surface area contributed by atoms with E-state index in [1.807, 2.05) is 19.1 Å². The van der Waals surface area contributed by atoms with Crippen molar-refractivity contribution in [3.63, 3.8) is 0 Å².